The second-order valence-corrected chi connectivity index (χ2v) is 1.91. The van der Waals surface area contributed by atoms with Crippen molar-refractivity contribution in [2.45, 2.75) is 6.42 Å². The first-order valence-corrected chi connectivity index (χ1v) is 2.65. The normalized spacial score (nSPS) is 23.9. The molecule has 0 atom stereocenters. The van der Waals surface area contributed by atoms with Crippen LogP contribution in [0.4, 0.5) is 0 Å². The summed E-state index contributed by atoms with van der Waals surface area (Å²) in [6.07, 6.45) is 0.635. The largest absolute Gasteiger partial charge is 0.297 e. The Labute approximate surface area is 48.2 Å². The van der Waals surface area contributed by atoms with Crippen molar-refractivity contribution in [1.29, 1.82) is 0 Å². The Balaban J connectivity index is 2.29. The summed E-state index contributed by atoms with van der Waals surface area (Å²) in [6, 6.07) is 0. The van der Waals surface area contributed by atoms with Crippen LogP contribution in [0.15, 0.2) is 0 Å². The molecule has 1 saturated heterocycles. The predicted octanol–water partition coefficient (Wildman–Crippen LogP) is -0.177. The van der Waals surface area contributed by atoms with E-state index in [0.717, 1.165) is 6.54 Å². The van der Waals surface area contributed by atoms with E-state index in [-0.39, 0.29) is 12.4 Å². The van der Waals surface area contributed by atoms with Gasteiger partial charge in [-0.1, -0.05) is 0 Å². The molecule has 0 aromatic heterocycles. The molecule has 1 aliphatic heterocycles. The molecule has 0 N–H and O–H groups in total. The lowest BCUT2D eigenvalue weighted by molar-refractivity contribution is -0.174. The highest BCUT2D eigenvalue weighted by atomic mass is 16.7. The third-order valence-electron chi connectivity index (χ3n) is 1.15. The van der Waals surface area contributed by atoms with Crippen molar-refractivity contribution in [3.05, 3.63) is 0 Å². The van der Waals surface area contributed by atoms with Crippen LogP contribution in [-0.2, 0) is 9.63 Å². The molecule has 46 valence electrons. The van der Waals surface area contributed by atoms with Crippen molar-refractivity contribution in [3.63, 3.8) is 0 Å². The van der Waals surface area contributed by atoms with E-state index in [1.807, 2.05) is 7.05 Å². The van der Waals surface area contributed by atoms with Gasteiger partial charge in [-0.2, -0.15) is 5.06 Å². The molecule has 0 aliphatic carbocycles. The van der Waals surface area contributed by atoms with Crippen molar-refractivity contribution in [2.75, 3.05) is 20.2 Å². The number of nitrogens with zero attached hydrogens (tertiary/aromatic N) is 1. The standard InChI is InChI=1S/C5H9NO2/c1-6-3-2-5(7)4-8-6/h2-4H2,1H3. The minimum atomic E-state index is 0.197. The number of carbonyl (C=O) groups is 1. The summed E-state index contributed by atoms with van der Waals surface area (Å²) in [7, 11) is 1.83. The highest BCUT2D eigenvalue weighted by Gasteiger charge is 2.11. The fraction of sp³-hybridized carbons (Fsp3) is 0.800. The molecule has 0 saturated carbocycles. The minimum absolute atomic E-state index is 0.197. The summed E-state index contributed by atoms with van der Waals surface area (Å²) < 4.78 is 0. The summed E-state index contributed by atoms with van der Waals surface area (Å²) in [5.74, 6) is 0.197. The zero-order chi connectivity index (χ0) is 5.98. The maximum Gasteiger partial charge on any atom is 0.161 e. The van der Waals surface area contributed by atoms with E-state index in [1.54, 1.807) is 5.06 Å². The Hall–Kier alpha value is -0.410. The number of hydroxylamine groups is 2. The molecule has 1 aliphatic rings. The molecule has 0 aromatic rings. The Bertz CT molecular complexity index is 92.6. The predicted molar refractivity (Wildman–Crippen MR) is 28.2 cm³/mol. The summed E-state index contributed by atoms with van der Waals surface area (Å²) in [4.78, 5) is 15.3. The molecule has 0 amide bonds. The second kappa shape index (κ2) is 2.24. The first-order chi connectivity index (χ1) is 3.79. The van der Waals surface area contributed by atoms with E-state index in [0.29, 0.717) is 6.42 Å². The van der Waals surface area contributed by atoms with E-state index in [9.17, 15) is 4.79 Å². The van der Waals surface area contributed by atoms with Crippen LogP contribution in [0.3, 0.4) is 0 Å². The highest BCUT2D eigenvalue weighted by molar-refractivity contribution is 5.80. The summed E-state index contributed by atoms with van der Waals surface area (Å²) in [6.45, 7) is 0.995. The monoisotopic (exact) mass is 115 g/mol. The van der Waals surface area contributed by atoms with Gasteiger partial charge in [0.25, 0.3) is 0 Å². The minimum Gasteiger partial charge on any atom is -0.297 e. The maximum atomic E-state index is 10.5. The molecule has 1 heterocycles. The van der Waals surface area contributed by atoms with Crippen LogP contribution in [-0.4, -0.2) is 31.0 Å². The van der Waals surface area contributed by atoms with Gasteiger partial charge in [0.05, 0.1) is 0 Å². The van der Waals surface area contributed by atoms with Gasteiger partial charge in [0, 0.05) is 20.0 Å². The molecular weight excluding hydrogens is 106 g/mol. The molecule has 0 unspecified atom stereocenters. The van der Waals surface area contributed by atoms with Crippen LogP contribution in [0.25, 0.3) is 0 Å². The SMILES string of the molecule is CN1CCC(=O)CO1. The Morgan fingerprint density at radius 1 is 1.75 bits per heavy atom. The van der Waals surface area contributed by atoms with E-state index >= 15 is 0 Å². The van der Waals surface area contributed by atoms with Gasteiger partial charge in [-0.25, -0.2) is 0 Å². The van der Waals surface area contributed by atoms with Crippen molar-refractivity contribution < 1.29 is 9.63 Å². The number of hydrogen-bond donors (Lipinski definition) is 0. The van der Waals surface area contributed by atoms with Crippen molar-refractivity contribution in [3.8, 4) is 0 Å². The Kier molecular flexibility index (Phi) is 1.60. The molecule has 0 aromatic carbocycles. The quantitative estimate of drug-likeness (QED) is 0.438. The lowest BCUT2D eigenvalue weighted by Gasteiger charge is -2.19. The van der Waals surface area contributed by atoms with Crippen molar-refractivity contribution in [2.24, 2.45) is 0 Å². The molecule has 0 bridgehead atoms. The van der Waals surface area contributed by atoms with Crippen LogP contribution in [0.5, 0.6) is 0 Å². The molecule has 0 radical (unpaired) electrons. The zero-order valence-corrected chi connectivity index (χ0v) is 4.89. The average Bonchev–Trinajstić information content (AvgIpc) is 1.77. The fourth-order valence-electron chi connectivity index (χ4n) is 0.601. The summed E-state index contributed by atoms with van der Waals surface area (Å²) >= 11 is 0. The van der Waals surface area contributed by atoms with Gasteiger partial charge >= 0.3 is 0 Å². The van der Waals surface area contributed by atoms with Crippen molar-refractivity contribution in [1.82, 2.24) is 5.06 Å². The van der Waals surface area contributed by atoms with Crippen LogP contribution in [0, 0.1) is 0 Å². The maximum absolute atomic E-state index is 10.5. The van der Waals surface area contributed by atoms with Gasteiger partial charge in [-0.15, -0.1) is 0 Å². The van der Waals surface area contributed by atoms with Gasteiger partial charge in [0.15, 0.2) is 5.78 Å². The van der Waals surface area contributed by atoms with Gasteiger partial charge in [0.1, 0.15) is 6.61 Å². The first kappa shape index (κ1) is 5.72. The molecular formula is C5H9NO2. The fourth-order valence-corrected chi connectivity index (χ4v) is 0.601. The van der Waals surface area contributed by atoms with Gasteiger partial charge in [0.2, 0.25) is 0 Å². The van der Waals surface area contributed by atoms with Crippen LogP contribution in [0.1, 0.15) is 6.42 Å². The summed E-state index contributed by atoms with van der Waals surface area (Å²) in [5.41, 5.74) is 0. The van der Waals surface area contributed by atoms with Crippen molar-refractivity contribution >= 4 is 5.78 Å². The Morgan fingerprint density at radius 2 is 2.50 bits per heavy atom. The second-order valence-electron chi connectivity index (χ2n) is 1.91. The van der Waals surface area contributed by atoms with E-state index < -0.39 is 0 Å². The van der Waals surface area contributed by atoms with Gasteiger partial charge in [-0.3, -0.25) is 9.63 Å². The van der Waals surface area contributed by atoms with Gasteiger partial charge < -0.3 is 0 Å². The number of hydrogen-bond acceptors (Lipinski definition) is 3. The van der Waals surface area contributed by atoms with E-state index in [2.05, 4.69) is 0 Å². The molecule has 0 spiro atoms. The number of carbonyl (C=O) groups excluding carboxylic acids is 1. The molecule has 3 heteroatoms. The molecule has 8 heavy (non-hydrogen) atoms. The molecule has 1 fully saturated rings. The Morgan fingerprint density at radius 3 is 2.88 bits per heavy atom. The summed E-state index contributed by atoms with van der Waals surface area (Å²) in [5, 5.41) is 1.68. The smallest absolute Gasteiger partial charge is 0.161 e. The number of Topliss-reactive ketones (excluding diaryl/α,β-unsaturated/α-hetero) is 1. The first-order valence-electron chi connectivity index (χ1n) is 2.65. The molecule has 1 rings (SSSR count). The van der Waals surface area contributed by atoms with Gasteiger partial charge in [-0.05, 0) is 0 Å². The lowest BCUT2D eigenvalue weighted by atomic mass is 10.3. The van der Waals surface area contributed by atoms with E-state index in [1.165, 1.54) is 0 Å². The zero-order valence-electron chi connectivity index (χ0n) is 4.89. The van der Waals surface area contributed by atoms with E-state index in [4.69, 9.17) is 4.84 Å². The third-order valence-corrected chi connectivity index (χ3v) is 1.15. The number of ketones is 1. The van der Waals surface area contributed by atoms with Crippen LogP contribution < -0.4 is 0 Å². The number of rotatable bonds is 0. The topological polar surface area (TPSA) is 29.5 Å². The van der Waals surface area contributed by atoms with Crippen LogP contribution in [0.2, 0.25) is 0 Å². The highest BCUT2D eigenvalue weighted by Crippen LogP contribution is 1.97. The average molecular weight is 115 g/mol. The molecule has 3 nitrogen and oxygen atoms in total. The lowest BCUT2D eigenvalue weighted by Crippen LogP contribution is -2.31. The van der Waals surface area contributed by atoms with Crippen LogP contribution >= 0.6 is 0 Å². The third kappa shape index (κ3) is 1.28.